The van der Waals surface area contributed by atoms with Crippen molar-refractivity contribution in [2.75, 3.05) is 20.2 Å². The molecule has 0 radical (unpaired) electrons. The summed E-state index contributed by atoms with van der Waals surface area (Å²) in [6, 6.07) is 5.03. The van der Waals surface area contributed by atoms with Crippen LogP contribution in [0.2, 0.25) is 0 Å². The first kappa shape index (κ1) is 14.8. The van der Waals surface area contributed by atoms with Crippen LogP contribution >= 0.6 is 0 Å². The minimum absolute atomic E-state index is 0.240. The molecule has 0 bridgehead atoms. The van der Waals surface area contributed by atoms with Crippen LogP contribution in [0.4, 0.5) is 0 Å². The first-order valence-corrected chi connectivity index (χ1v) is 8.26. The van der Waals surface area contributed by atoms with Crippen LogP contribution in [-0.4, -0.2) is 39.4 Å². The van der Waals surface area contributed by atoms with Crippen molar-refractivity contribution in [2.24, 2.45) is 4.40 Å². The maximum absolute atomic E-state index is 12.2. The predicted octanol–water partition coefficient (Wildman–Crippen LogP) is 2.27. The highest BCUT2D eigenvalue weighted by Gasteiger charge is 2.34. The average molecular weight is 296 g/mol. The topological polar surface area (TPSA) is 59.0 Å². The van der Waals surface area contributed by atoms with E-state index in [4.69, 9.17) is 4.74 Å². The molecule has 2 rings (SSSR count). The lowest BCUT2D eigenvalue weighted by Crippen LogP contribution is -2.32. The van der Waals surface area contributed by atoms with Crippen molar-refractivity contribution in [3.8, 4) is 5.75 Å². The molecule has 1 aliphatic heterocycles. The molecule has 0 saturated heterocycles. The Labute approximate surface area is 120 Å². The maximum atomic E-state index is 12.2. The molecule has 110 valence electrons. The van der Waals surface area contributed by atoms with Crippen molar-refractivity contribution >= 4 is 15.9 Å². The Bertz CT molecular complexity index is 617. The summed E-state index contributed by atoms with van der Waals surface area (Å²) in [5.41, 5.74) is 0.594. The van der Waals surface area contributed by atoms with Gasteiger partial charge in [-0.05, 0) is 25.0 Å². The number of sulfonamides is 1. The molecule has 0 N–H and O–H groups in total. The number of hydrogen-bond donors (Lipinski definition) is 0. The molecule has 1 aromatic carbocycles. The zero-order valence-corrected chi connectivity index (χ0v) is 12.9. The molecule has 0 atom stereocenters. The molecule has 0 aromatic heterocycles. The normalized spacial score (nSPS) is 15.7. The Hall–Kier alpha value is -1.56. The van der Waals surface area contributed by atoms with Crippen LogP contribution in [0.1, 0.15) is 32.3 Å². The summed E-state index contributed by atoms with van der Waals surface area (Å²) in [6.07, 6.45) is 1.87. The van der Waals surface area contributed by atoms with Crippen molar-refractivity contribution < 1.29 is 13.2 Å². The molecule has 6 heteroatoms. The number of methoxy groups -OCH3 is 1. The third-order valence-corrected chi connectivity index (χ3v) is 4.51. The molecule has 0 aliphatic carbocycles. The SMILES string of the molecule is CCCN(CCC)C1=NS(=O)(=O)c2cccc(OC)c21. The van der Waals surface area contributed by atoms with Crippen molar-refractivity contribution in [3.05, 3.63) is 23.8 Å². The second-order valence-electron chi connectivity index (χ2n) is 4.71. The molecule has 0 spiro atoms. The number of nitrogens with zero attached hydrogens (tertiary/aromatic N) is 2. The average Bonchev–Trinajstić information content (AvgIpc) is 2.71. The highest BCUT2D eigenvalue weighted by atomic mass is 32.2. The quantitative estimate of drug-likeness (QED) is 0.836. The molecule has 0 saturated carbocycles. The van der Waals surface area contributed by atoms with Gasteiger partial charge in [-0.1, -0.05) is 19.9 Å². The molecule has 1 aliphatic rings. The molecular formula is C14H20N2O3S. The van der Waals surface area contributed by atoms with Crippen LogP contribution in [0.5, 0.6) is 5.75 Å². The van der Waals surface area contributed by atoms with Gasteiger partial charge < -0.3 is 9.64 Å². The van der Waals surface area contributed by atoms with Crippen molar-refractivity contribution in [3.63, 3.8) is 0 Å². The first-order chi connectivity index (χ1) is 9.55. The van der Waals surface area contributed by atoms with Crippen LogP contribution in [0.3, 0.4) is 0 Å². The van der Waals surface area contributed by atoms with E-state index >= 15 is 0 Å². The van der Waals surface area contributed by atoms with E-state index in [1.807, 2.05) is 4.90 Å². The van der Waals surface area contributed by atoms with Crippen molar-refractivity contribution in [2.45, 2.75) is 31.6 Å². The first-order valence-electron chi connectivity index (χ1n) is 6.82. The highest BCUT2D eigenvalue weighted by Crippen LogP contribution is 2.34. The third-order valence-electron chi connectivity index (χ3n) is 3.20. The number of amidine groups is 1. The van der Waals surface area contributed by atoms with Gasteiger partial charge >= 0.3 is 0 Å². The smallest absolute Gasteiger partial charge is 0.285 e. The minimum atomic E-state index is -3.60. The van der Waals surface area contributed by atoms with Crippen LogP contribution in [0.25, 0.3) is 0 Å². The number of hydrogen-bond acceptors (Lipinski definition) is 4. The van der Waals surface area contributed by atoms with Crippen LogP contribution in [0.15, 0.2) is 27.5 Å². The van der Waals surface area contributed by atoms with E-state index in [2.05, 4.69) is 18.2 Å². The Kier molecular flexibility index (Phi) is 4.32. The summed E-state index contributed by atoms with van der Waals surface area (Å²) >= 11 is 0. The highest BCUT2D eigenvalue weighted by molar-refractivity contribution is 7.90. The summed E-state index contributed by atoms with van der Waals surface area (Å²) in [5, 5.41) is 0. The third kappa shape index (κ3) is 2.52. The molecule has 1 aromatic rings. The number of rotatable bonds is 5. The summed E-state index contributed by atoms with van der Waals surface area (Å²) < 4.78 is 33.6. The van der Waals surface area contributed by atoms with Gasteiger partial charge in [0.05, 0.1) is 12.7 Å². The Morgan fingerprint density at radius 3 is 2.40 bits per heavy atom. The molecular weight excluding hydrogens is 276 g/mol. The van der Waals surface area contributed by atoms with Crippen LogP contribution in [0, 0.1) is 0 Å². The van der Waals surface area contributed by atoms with Gasteiger partial charge in [0.1, 0.15) is 10.6 Å². The van der Waals surface area contributed by atoms with Gasteiger partial charge in [0.2, 0.25) is 0 Å². The van der Waals surface area contributed by atoms with Gasteiger partial charge in [0.25, 0.3) is 10.0 Å². The van der Waals surface area contributed by atoms with Gasteiger partial charge in [-0.3, -0.25) is 0 Å². The number of ether oxygens (including phenoxy) is 1. The van der Waals surface area contributed by atoms with E-state index in [9.17, 15) is 8.42 Å². The van der Waals surface area contributed by atoms with Gasteiger partial charge in [-0.15, -0.1) is 4.40 Å². The second kappa shape index (κ2) is 5.83. The second-order valence-corrected chi connectivity index (χ2v) is 6.28. The van der Waals surface area contributed by atoms with E-state index in [0.717, 1.165) is 25.9 Å². The summed E-state index contributed by atoms with van der Waals surface area (Å²) in [6.45, 7) is 5.69. The van der Waals surface area contributed by atoms with E-state index in [-0.39, 0.29) is 4.90 Å². The fourth-order valence-electron chi connectivity index (χ4n) is 2.40. The summed E-state index contributed by atoms with van der Waals surface area (Å²) in [4.78, 5) is 2.26. The lowest BCUT2D eigenvalue weighted by Gasteiger charge is -2.24. The van der Waals surface area contributed by atoms with Crippen molar-refractivity contribution in [1.29, 1.82) is 0 Å². The molecule has 1 heterocycles. The van der Waals surface area contributed by atoms with E-state index in [1.54, 1.807) is 25.3 Å². The largest absolute Gasteiger partial charge is 0.496 e. The summed E-state index contributed by atoms with van der Waals surface area (Å²) in [7, 11) is -2.06. The van der Waals surface area contributed by atoms with E-state index in [0.29, 0.717) is 17.1 Å². The van der Waals surface area contributed by atoms with Crippen LogP contribution < -0.4 is 4.74 Å². The Balaban J connectivity index is 2.57. The molecule has 0 unspecified atom stereocenters. The molecule has 0 fully saturated rings. The zero-order chi connectivity index (χ0) is 14.8. The lowest BCUT2D eigenvalue weighted by atomic mass is 10.1. The van der Waals surface area contributed by atoms with Crippen LogP contribution in [-0.2, 0) is 10.0 Å². The van der Waals surface area contributed by atoms with Crippen molar-refractivity contribution in [1.82, 2.24) is 4.90 Å². The number of fused-ring (bicyclic) bond motifs is 1. The van der Waals surface area contributed by atoms with Gasteiger partial charge in [-0.2, -0.15) is 8.42 Å². The standard InChI is InChI=1S/C14H20N2O3S/c1-4-9-16(10-5-2)14-13-11(19-3)7-6-8-12(13)20(17,18)15-14/h6-8H,4-5,9-10H2,1-3H3. The van der Waals surface area contributed by atoms with Gasteiger partial charge in [0.15, 0.2) is 5.84 Å². The van der Waals surface area contributed by atoms with E-state index in [1.165, 1.54) is 0 Å². The maximum Gasteiger partial charge on any atom is 0.285 e. The van der Waals surface area contributed by atoms with Gasteiger partial charge in [-0.25, -0.2) is 0 Å². The predicted molar refractivity (Wildman–Crippen MR) is 78.9 cm³/mol. The zero-order valence-electron chi connectivity index (χ0n) is 12.1. The summed E-state index contributed by atoms with van der Waals surface area (Å²) in [5.74, 6) is 1.07. The molecule has 20 heavy (non-hydrogen) atoms. The molecule has 5 nitrogen and oxygen atoms in total. The fourth-order valence-corrected chi connectivity index (χ4v) is 3.64. The minimum Gasteiger partial charge on any atom is -0.496 e. The lowest BCUT2D eigenvalue weighted by molar-refractivity contribution is 0.400. The fraction of sp³-hybridized carbons (Fsp3) is 0.500. The Morgan fingerprint density at radius 2 is 1.85 bits per heavy atom. The number of benzene rings is 1. The van der Waals surface area contributed by atoms with E-state index < -0.39 is 10.0 Å². The Morgan fingerprint density at radius 1 is 1.20 bits per heavy atom. The molecule has 0 amide bonds. The van der Waals surface area contributed by atoms with Gasteiger partial charge in [0, 0.05) is 13.1 Å². The monoisotopic (exact) mass is 296 g/mol.